The molecule has 0 amide bonds. The maximum atomic E-state index is 10.0. The molecule has 0 aromatic rings. The van der Waals surface area contributed by atoms with E-state index in [4.69, 9.17) is 16.6 Å². The highest BCUT2D eigenvalue weighted by Crippen LogP contribution is 1.91. The summed E-state index contributed by atoms with van der Waals surface area (Å²) in [6, 6.07) is -0.742. The summed E-state index contributed by atoms with van der Waals surface area (Å²) in [4.78, 5) is 10.0. The minimum absolute atomic E-state index is 0. The summed E-state index contributed by atoms with van der Waals surface area (Å²) in [5.41, 5.74) is 10.3. The SMILES string of the molecule is Cl.NCCC[13C@H](N)[13C](=O)O. The Kier molecular flexibility index (Phi) is 8.40. The first-order chi connectivity index (χ1) is 4.18. The fourth-order valence-corrected chi connectivity index (χ4v) is 0.461. The fraction of sp³-hybridized carbons (Fsp3) is 0.800. The van der Waals surface area contributed by atoms with E-state index in [1.807, 2.05) is 0 Å². The van der Waals surface area contributed by atoms with Crippen LogP contribution in [0.5, 0.6) is 0 Å². The van der Waals surface area contributed by atoms with Crippen LogP contribution in [0.25, 0.3) is 0 Å². The average Bonchev–Trinajstić information content (AvgIpc) is 1.82. The Morgan fingerprint density at radius 3 is 2.40 bits per heavy atom. The highest BCUT2D eigenvalue weighted by molar-refractivity contribution is 5.85. The van der Waals surface area contributed by atoms with Gasteiger partial charge in [0.25, 0.3) is 0 Å². The van der Waals surface area contributed by atoms with Crippen LogP contribution in [0.4, 0.5) is 0 Å². The van der Waals surface area contributed by atoms with Gasteiger partial charge in [-0.25, -0.2) is 0 Å². The first-order valence-corrected chi connectivity index (χ1v) is 2.87. The quantitative estimate of drug-likeness (QED) is 0.499. The lowest BCUT2D eigenvalue weighted by Crippen LogP contribution is -2.30. The van der Waals surface area contributed by atoms with E-state index in [-0.39, 0.29) is 12.4 Å². The van der Waals surface area contributed by atoms with Gasteiger partial charge < -0.3 is 16.6 Å². The Morgan fingerprint density at radius 1 is 1.60 bits per heavy atom. The van der Waals surface area contributed by atoms with E-state index in [0.29, 0.717) is 19.4 Å². The van der Waals surface area contributed by atoms with Crippen molar-refractivity contribution in [2.45, 2.75) is 18.9 Å². The predicted molar refractivity (Wildman–Crippen MR) is 41.1 cm³/mol. The molecule has 4 nitrogen and oxygen atoms in total. The maximum Gasteiger partial charge on any atom is 0.320 e. The monoisotopic (exact) mass is 170 g/mol. The van der Waals surface area contributed by atoms with Gasteiger partial charge in [0.1, 0.15) is 6.04 Å². The molecule has 0 radical (unpaired) electrons. The Balaban J connectivity index is 0. The van der Waals surface area contributed by atoms with Crippen LogP contribution < -0.4 is 11.5 Å². The molecule has 0 bridgehead atoms. The van der Waals surface area contributed by atoms with Gasteiger partial charge in [-0.2, -0.15) is 0 Å². The van der Waals surface area contributed by atoms with Crippen LogP contribution in [0.15, 0.2) is 0 Å². The van der Waals surface area contributed by atoms with Crippen LogP contribution in [0, 0.1) is 0 Å². The van der Waals surface area contributed by atoms with E-state index in [0.717, 1.165) is 0 Å². The van der Waals surface area contributed by atoms with Crippen molar-refractivity contribution in [1.29, 1.82) is 0 Å². The highest BCUT2D eigenvalue weighted by Gasteiger charge is 2.08. The second-order valence-corrected chi connectivity index (χ2v) is 1.88. The number of aliphatic carboxylic acids is 1. The van der Waals surface area contributed by atoms with Gasteiger partial charge in [0.2, 0.25) is 0 Å². The van der Waals surface area contributed by atoms with Crippen LogP contribution in [0.1, 0.15) is 12.8 Å². The number of hydrogen-bond donors (Lipinski definition) is 3. The second-order valence-electron chi connectivity index (χ2n) is 1.88. The molecule has 0 aromatic carbocycles. The number of carboxylic acid groups (broad SMARTS) is 1. The van der Waals surface area contributed by atoms with Crippen molar-refractivity contribution in [3.05, 3.63) is 0 Å². The highest BCUT2D eigenvalue weighted by atomic mass is 35.5. The molecule has 0 saturated heterocycles. The average molecular weight is 171 g/mol. The molecule has 0 aliphatic heterocycles. The van der Waals surface area contributed by atoms with Gasteiger partial charge in [-0.15, -0.1) is 12.4 Å². The molecule has 5 heteroatoms. The molecule has 5 N–H and O–H groups in total. The summed E-state index contributed by atoms with van der Waals surface area (Å²) in [6.45, 7) is 0.501. The summed E-state index contributed by atoms with van der Waals surface area (Å²) in [5.74, 6) is -0.955. The Morgan fingerprint density at radius 2 is 2.10 bits per heavy atom. The molecule has 0 aliphatic carbocycles. The molecule has 0 aromatic heterocycles. The van der Waals surface area contributed by atoms with Crippen molar-refractivity contribution in [2.75, 3.05) is 6.54 Å². The molecule has 0 rings (SSSR count). The van der Waals surface area contributed by atoms with Gasteiger partial charge in [0, 0.05) is 0 Å². The summed E-state index contributed by atoms with van der Waals surface area (Å²) in [7, 11) is 0. The zero-order chi connectivity index (χ0) is 7.28. The van der Waals surface area contributed by atoms with Gasteiger partial charge in [-0.05, 0) is 19.4 Å². The second kappa shape index (κ2) is 6.80. The molecular formula is C5H13ClN2O2. The van der Waals surface area contributed by atoms with E-state index < -0.39 is 12.0 Å². The topological polar surface area (TPSA) is 89.3 Å². The molecule has 0 spiro atoms. The Labute approximate surface area is 66.0 Å². The predicted octanol–water partition coefficient (Wildman–Crippen LogP) is -0.441. The third kappa shape index (κ3) is 5.81. The molecule has 10 heavy (non-hydrogen) atoms. The lowest BCUT2D eigenvalue weighted by Gasteiger charge is -2.02. The number of hydrogen-bond acceptors (Lipinski definition) is 3. The Hall–Kier alpha value is -0.320. The standard InChI is InChI=1S/C5H12N2O2.ClH/c6-3-1-2-4(7)5(8)9;/h4H,1-3,6-7H2,(H,8,9);1H/t4-;/m0./s1/i4+1,5+1;. The zero-order valence-corrected chi connectivity index (χ0v) is 6.43. The molecule has 1 atom stereocenters. The van der Waals surface area contributed by atoms with Gasteiger partial charge >= 0.3 is 5.97 Å². The van der Waals surface area contributed by atoms with E-state index >= 15 is 0 Å². The van der Waals surface area contributed by atoms with Crippen LogP contribution in [0.2, 0.25) is 0 Å². The van der Waals surface area contributed by atoms with Crippen LogP contribution in [-0.4, -0.2) is 23.7 Å². The minimum atomic E-state index is -0.955. The normalized spacial score (nSPS) is 11.8. The van der Waals surface area contributed by atoms with Crippen LogP contribution in [-0.2, 0) is 4.79 Å². The number of nitrogens with two attached hydrogens (primary N) is 2. The lowest BCUT2D eigenvalue weighted by molar-refractivity contribution is -0.138. The van der Waals surface area contributed by atoms with Gasteiger partial charge in [-0.3, -0.25) is 4.79 Å². The van der Waals surface area contributed by atoms with Gasteiger partial charge in [0.05, 0.1) is 0 Å². The van der Waals surface area contributed by atoms with E-state index in [1.165, 1.54) is 0 Å². The van der Waals surface area contributed by atoms with Crippen molar-refractivity contribution in [2.24, 2.45) is 11.5 Å². The van der Waals surface area contributed by atoms with Crippen molar-refractivity contribution < 1.29 is 9.90 Å². The Bertz CT molecular complexity index is 99.6. The minimum Gasteiger partial charge on any atom is -0.480 e. The zero-order valence-electron chi connectivity index (χ0n) is 5.62. The summed E-state index contributed by atoms with van der Waals surface area (Å²) in [6.07, 6.45) is 1.14. The maximum absolute atomic E-state index is 10.0. The third-order valence-corrected chi connectivity index (χ3v) is 1.04. The third-order valence-electron chi connectivity index (χ3n) is 1.04. The lowest BCUT2D eigenvalue weighted by atomic mass is 10.4. The largest absolute Gasteiger partial charge is 0.480 e. The number of rotatable bonds is 4. The van der Waals surface area contributed by atoms with Gasteiger partial charge in [-0.1, -0.05) is 0 Å². The van der Waals surface area contributed by atoms with Crippen molar-refractivity contribution in [1.82, 2.24) is 0 Å². The number of carboxylic acids is 1. The van der Waals surface area contributed by atoms with Crippen LogP contribution in [0.3, 0.4) is 0 Å². The summed E-state index contributed by atoms with van der Waals surface area (Å²) >= 11 is 0. The van der Waals surface area contributed by atoms with E-state index in [9.17, 15) is 4.79 Å². The molecule has 0 aliphatic rings. The molecule has 0 unspecified atom stereocenters. The number of carbonyl (C=O) groups is 1. The molecular weight excluding hydrogens is 158 g/mol. The smallest absolute Gasteiger partial charge is 0.320 e. The van der Waals surface area contributed by atoms with Gasteiger partial charge in [0.15, 0.2) is 0 Å². The van der Waals surface area contributed by atoms with E-state index in [2.05, 4.69) is 0 Å². The summed E-state index contributed by atoms with van der Waals surface area (Å²) in [5, 5.41) is 8.24. The first-order valence-electron chi connectivity index (χ1n) is 2.87. The fourth-order valence-electron chi connectivity index (χ4n) is 0.461. The van der Waals surface area contributed by atoms with Crippen molar-refractivity contribution >= 4 is 18.4 Å². The first kappa shape index (κ1) is 12.4. The molecule has 0 heterocycles. The van der Waals surface area contributed by atoms with E-state index in [1.54, 1.807) is 0 Å². The molecule has 0 saturated carbocycles. The summed E-state index contributed by atoms with van der Waals surface area (Å²) < 4.78 is 0. The molecule has 62 valence electrons. The molecule has 0 fully saturated rings. The number of halogens is 1. The van der Waals surface area contributed by atoms with Crippen LogP contribution >= 0.6 is 12.4 Å². The van der Waals surface area contributed by atoms with Crippen molar-refractivity contribution in [3.8, 4) is 0 Å². The van der Waals surface area contributed by atoms with Crippen molar-refractivity contribution in [3.63, 3.8) is 0 Å².